The number of nitrogens with zero attached hydrogens (tertiary/aromatic N) is 4. The van der Waals surface area contributed by atoms with Gasteiger partial charge in [0.2, 0.25) is 5.91 Å². The quantitative estimate of drug-likeness (QED) is 0.636. The van der Waals surface area contributed by atoms with Crippen molar-refractivity contribution in [2.45, 2.75) is 45.4 Å². The molecular weight excluding hydrogens is 432 g/mol. The van der Waals surface area contributed by atoms with Crippen molar-refractivity contribution in [1.82, 2.24) is 24.8 Å². The minimum Gasteiger partial charge on any atom is -0.444 e. The molecular formula is C22H31ClN6O3. The number of aromatic nitrogens is 2. The van der Waals surface area contributed by atoms with Gasteiger partial charge in [-0.1, -0.05) is 23.7 Å². The number of rotatable bonds is 6. The highest BCUT2D eigenvalue weighted by Crippen LogP contribution is 2.14. The lowest BCUT2D eigenvalue weighted by Gasteiger charge is -2.38. The molecule has 1 aromatic carbocycles. The lowest BCUT2D eigenvalue weighted by Crippen LogP contribution is -2.62. The second-order valence-corrected chi connectivity index (χ2v) is 9.30. The van der Waals surface area contributed by atoms with Gasteiger partial charge in [-0.05, 0) is 38.5 Å². The van der Waals surface area contributed by atoms with E-state index in [4.69, 9.17) is 22.2 Å². The van der Waals surface area contributed by atoms with Crippen molar-refractivity contribution in [2.75, 3.05) is 26.2 Å². The molecule has 32 heavy (non-hydrogen) atoms. The molecule has 174 valence electrons. The van der Waals surface area contributed by atoms with Gasteiger partial charge in [0.15, 0.2) is 0 Å². The largest absolute Gasteiger partial charge is 0.444 e. The van der Waals surface area contributed by atoms with Crippen LogP contribution in [0, 0.1) is 0 Å². The fourth-order valence-electron chi connectivity index (χ4n) is 3.44. The molecule has 1 aromatic heterocycles. The predicted octanol–water partition coefficient (Wildman–Crippen LogP) is 2.04. The van der Waals surface area contributed by atoms with E-state index in [-0.39, 0.29) is 12.5 Å². The zero-order valence-corrected chi connectivity index (χ0v) is 19.5. The summed E-state index contributed by atoms with van der Waals surface area (Å²) < 4.78 is 7.46. The fraction of sp³-hybridized carbons (Fsp3) is 0.500. The minimum atomic E-state index is -0.629. The molecule has 1 fully saturated rings. The molecule has 1 atom stereocenters. The molecule has 2 heterocycles. The Morgan fingerprint density at radius 3 is 2.66 bits per heavy atom. The third kappa shape index (κ3) is 6.69. The molecule has 2 aromatic rings. The Balaban J connectivity index is 1.51. The molecule has 3 rings (SSSR count). The first-order valence-corrected chi connectivity index (χ1v) is 11.0. The molecule has 0 radical (unpaired) electrons. The molecule has 0 spiro atoms. The second kappa shape index (κ2) is 10.3. The van der Waals surface area contributed by atoms with Gasteiger partial charge in [0.05, 0.1) is 6.33 Å². The van der Waals surface area contributed by atoms with Crippen LogP contribution < -0.4 is 11.2 Å². The maximum atomic E-state index is 12.8. The Kier molecular flexibility index (Phi) is 7.76. The highest BCUT2D eigenvalue weighted by atomic mass is 35.5. The lowest BCUT2D eigenvalue weighted by atomic mass is 10.1. The standard InChI is InChI=1S/C22H31ClN6O3/c1-22(2,3)32-21(31)27-10-11-29(24)19(14-27)20(30)26-9-8-18-12-25-15-28(18)13-16-4-6-17(23)7-5-16/h4-7,12,15,19H,8-11,13-14,24H2,1-3H3,(H,26,30). The molecule has 0 saturated carbocycles. The number of hydrogen-bond donors (Lipinski definition) is 2. The maximum absolute atomic E-state index is 12.8. The van der Waals surface area contributed by atoms with Crippen LogP contribution >= 0.6 is 11.6 Å². The predicted molar refractivity (Wildman–Crippen MR) is 122 cm³/mol. The Labute approximate surface area is 193 Å². The number of carbonyl (C=O) groups excluding carboxylic acids is 2. The number of carbonyl (C=O) groups is 2. The second-order valence-electron chi connectivity index (χ2n) is 8.86. The lowest BCUT2D eigenvalue weighted by molar-refractivity contribution is -0.128. The van der Waals surface area contributed by atoms with Crippen molar-refractivity contribution in [2.24, 2.45) is 5.84 Å². The summed E-state index contributed by atoms with van der Waals surface area (Å²) in [6.45, 7) is 7.53. The van der Waals surface area contributed by atoms with E-state index in [2.05, 4.69) is 10.3 Å². The average Bonchev–Trinajstić information content (AvgIpc) is 3.15. The van der Waals surface area contributed by atoms with Gasteiger partial charge in [0.25, 0.3) is 0 Å². The molecule has 10 heteroatoms. The van der Waals surface area contributed by atoms with Crippen LogP contribution in [0.15, 0.2) is 36.8 Å². The molecule has 1 unspecified atom stereocenters. The van der Waals surface area contributed by atoms with Gasteiger partial charge in [0, 0.05) is 56.1 Å². The Hall–Kier alpha value is -2.62. The van der Waals surface area contributed by atoms with Crippen LogP contribution in [0.3, 0.4) is 0 Å². The fourth-order valence-corrected chi connectivity index (χ4v) is 3.57. The highest BCUT2D eigenvalue weighted by Gasteiger charge is 2.34. The first-order valence-electron chi connectivity index (χ1n) is 10.6. The smallest absolute Gasteiger partial charge is 0.410 e. The van der Waals surface area contributed by atoms with Crippen molar-refractivity contribution >= 4 is 23.6 Å². The summed E-state index contributed by atoms with van der Waals surface area (Å²) in [5, 5.41) is 5.10. The summed E-state index contributed by atoms with van der Waals surface area (Å²) in [7, 11) is 0. The SMILES string of the molecule is CC(C)(C)OC(=O)N1CCN(N)C(C(=O)NCCc2cncn2Cc2ccc(Cl)cc2)C1. The maximum Gasteiger partial charge on any atom is 0.410 e. The molecule has 2 amide bonds. The van der Waals surface area contributed by atoms with Gasteiger partial charge < -0.3 is 19.5 Å². The Morgan fingerprint density at radius 2 is 1.97 bits per heavy atom. The normalized spacial score (nSPS) is 17.3. The van der Waals surface area contributed by atoms with Crippen molar-refractivity contribution in [1.29, 1.82) is 0 Å². The number of hydrazine groups is 1. The molecule has 1 aliphatic rings. The zero-order valence-electron chi connectivity index (χ0n) is 18.8. The van der Waals surface area contributed by atoms with Crippen LogP contribution in [-0.4, -0.2) is 69.3 Å². The first kappa shape index (κ1) is 24.0. The van der Waals surface area contributed by atoms with E-state index in [1.54, 1.807) is 12.5 Å². The number of imidazole rings is 1. The van der Waals surface area contributed by atoms with Crippen LogP contribution in [0.1, 0.15) is 32.0 Å². The number of amides is 2. The van der Waals surface area contributed by atoms with Gasteiger partial charge >= 0.3 is 6.09 Å². The Morgan fingerprint density at radius 1 is 1.25 bits per heavy atom. The van der Waals surface area contributed by atoms with Crippen molar-refractivity contribution < 1.29 is 14.3 Å². The number of nitrogens with two attached hydrogens (primary N) is 1. The van der Waals surface area contributed by atoms with Crippen LogP contribution in [-0.2, 0) is 22.5 Å². The number of piperazine rings is 1. The van der Waals surface area contributed by atoms with E-state index in [9.17, 15) is 9.59 Å². The van der Waals surface area contributed by atoms with Crippen LogP contribution in [0.2, 0.25) is 5.02 Å². The van der Waals surface area contributed by atoms with Crippen LogP contribution in [0.25, 0.3) is 0 Å². The van der Waals surface area contributed by atoms with Gasteiger partial charge in [-0.25, -0.2) is 14.8 Å². The topological polar surface area (TPSA) is 106 Å². The molecule has 1 aliphatic heterocycles. The van der Waals surface area contributed by atoms with Gasteiger partial charge in [-0.15, -0.1) is 0 Å². The number of benzene rings is 1. The summed E-state index contributed by atoms with van der Waals surface area (Å²) in [6, 6.07) is 7.04. The van der Waals surface area contributed by atoms with E-state index >= 15 is 0 Å². The molecule has 0 aliphatic carbocycles. The van der Waals surface area contributed by atoms with E-state index < -0.39 is 17.7 Å². The van der Waals surface area contributed by atoms with E-state index in [0.717, 1.165) is 11.3 Å². The van der Waals surface area contributed by atoms with Crippen molar-refractivity contribution in [3.8, 4) is 0 Å². The highest BCUT2D eigenvalue weighted by molar-refractivity contribution is 6.30. The summed E-state index contributed by atoms with van der Waals surface area (Å²) in [6.07, 6.45) is 3.75. The average molecular weight is 463 g/mol. The third-order valence-corrected chi connectivity index (χ3v) is 5.37. The first-order chi connectivity index (χ1) is 15.1. The molecule has 9 nitrogen and oxygen atoms in total. The summed E-state index contributed by atoms with van der Waals surface area (Å²) in [5.41, 5.74) is 1.52. The summed E-state index contributed by atoms with van der Waals surface area (Å²) >= 11 is 5.95. The van der Waals surface area contributed by atoms with Crippen LogP contribution in [0.4, 0.5) is 4.79 Å². The van der Waals surface area contributed by atoms with E-state index in [0.29, 0.717) is 37.6 Å². The number of hydrogen-bond acceptors (Lipinski definition) is 6. The van der Waals surface area contributed by atoms with Crippen molar-refractivity contribution in [3.63, 3.8) is 0 Å². The Bertz CT molecular complexity index is 924. The van der Waals surface area contributed by atoms with Gasteiger partial charge in [-0.3, -0.25) is 10.6 Å². The van der Waals surface area contributed by atoms with E-state index in [1.165, 1.54) is 9.91 Å². The molecule has 3 N–H and O–H groups in total. The van der Waals surface area contributed by atoms with Gasteiger partial charge in [-0.2, -0.15) is 0 Å². The van der Waals surface area contributed by atoms with E-state index in [1.807, 2.05) is 49.6 Å². The minimum absolute atomic E-state index is 0.186. The van der Waals surface area contributed by atoms with Gasteiger partial charge in [0.1, 0.15) is 11.6 Å². The number of nitrogens with one attached hydrogen (secondary N) is 1. The summed E-state index contributed by atoms with van der Waals surface area (Å²) in [5.74, 6) is 5.81. The molecule has 0 bridgehead atoms. The third-order valence-electron chi connectivity index (χ3n) is 5.12. The molecule has 1 saturated heterocycles. The zero-order chi connectivity index (χ0) is 23.3. The number of ether oxygens (including phenoxy) is 1. The summed E-state index contributed by atoms with van der Waals surface area (Å²) in [4.78, 5) is 30.9. The van der Waals surface area contributed by atoms with Crippen LogP contribution in [0.5, 0.6) is 0 Å². The van der Waals surface area contributed by atoms with Crippen molar-refractivity contribution in [3.05, 3.63) is 53.1 Å². The monoisotopic (exact) mass is 462 g/mol. The number of halogens is 1.